The van der Waals surface area contributed by atoms with E-state index in [9.17, 15) is 4.79 Å². The highest BCUT2D eigenvalue weighted by atomic mass is 32.2. The Bertz CT molecular complexity index is 570. The fourth-order valence-electron chi connectivity index (χ4n) is 1.99. The molecule has 1 atom stereocenters. The van der Waals surface area contributed by atoms with E-state index in [2.05, 4.69) is 27.4 Å². The van der Waals surface area contributed by atoms with Crippen molar-refractivity contribution in [1.29, 1.82) is 0 Å². The van der Waals surface area contributed by atoms with E-state index in [4.69, 9.17) is 0 Å². The van der Waals surface area contributed by atoms with Crippen LogP contribution < -0.4 is 5.32 Å². The molecule has 0 fully saturated rings. The molecule has 2 rings (SSSR count). The molecule has 0 radical (unpaired) electrons. The van der Waals surface area contributed by atoms with E-state index < -0.39 is 0 Å². The van der Waals surface area contributed by atoms with Gasteiger partial charge >= 0.3 is 0 Å². The Morgan fingerprint density at radius 2 is 2.14 bits per heavy atom. The fraction of sp³-hybridized carbons (Fsp3) is 0.400. The molecule has 112 valence electrons. The van der Waals surface area contributed by atoms with E-state index in [0.717, 1.165) is 24.2 Å². The van der Waals surface area contributed by atoms with Crippen LogP contribution in [-0.4, -0.2) is 32.9 Å². The molecule has 1 aromatic carbocycles. The van der Waals surface area contributed by atoms with Crippen molar-refractivity contribution in [3.63, 3.8) is 0 Å². The summed E-state index contributed by atoms with van der Waals surface area (Å²) < 4.78 is 0. The first-order valence-corrected chi connectivity index (χ1v) is 8.07. The van der Waals surface area contributed by atoms with Crippen molar-refractivity contribution in [3.8, 4) is 11.4 Å². The van der Waals surface area contributed by atoms with Crippen LogP contribution in [0.5, 0.6) is 0 Å². The molecule has 2 aromatic rings. The van der Waals surface area contributed by atoms with Crippen molar-refractivity contribution < 1.29 is 4.79 Å². The number of carbonyl (C=O) groups is 1. The van der Waals surface area contributed by atoms with Gasteiger partial charge in [-0.05, 0) is 13.3 Å². The van der Waals surface area contributed by atoms with Gasteiger partial charge in [-0.25, -0.2) is 4.98 Å². The standard InChI is InChI=1S/C15H20N4OS/c1-3-7-11(2)16-13(20)10-21-15-17-14(18-19-15)12-8-5-4-6-9-12/h4-6,8-9,11H,3,7,10H2,1-2H3,(H,16,20)(H,17,18,19). The highest BCUT2D eigenvalue weighted by molar-refractivity contribution is 7.99. The lowest BCUT2D eigenvalue weighted by atomic mass is 10.2. The molecule has 1 aromatic heterocycles. The summed E-state index contributed by atoms with van der Waals surface area (Å²) in [5, 5.41) is 10.6. The summed E-state index contributed by atoms with van der Waals surface area (Å²) in [6, 6.07) is 10.0. The number of hydrogen-bond donors (Lipinski definition) is 2. The van der Waals surface area contributed by atoms with Crippen molar-refractivity contribution in [3.05, 3.63) is 30.3 Å². The molecule has 0 aliphatic carbocycles. The number of H-pyrrole nitrogens is 1. The maximum absolute atomic E-state index is 11.8. The molecule has 0 saturated heterocycles. The quantitative estimate of drug-likeness (QED) is 0.772. The van der Waals surface area contributed by atoms with Gasteiger partial charge in [-0.15, -0.1) is 5.10 Å². The molecular weight excluding hydrogens is 284 g/mol. The molecule has 21 heavy (non-hydrogen) atoms. The normalized spacial score (nSPS) is 12.1. The average Bonchev–Trinajstić information content (AvgIpc) is 2.95. The number of thioether (sulfide) groups is 1. The van der Waals surface area contributed by atoms with Crippen molar-refractivity contribution in [2.75, 3.05) is 5.75 Å². The van der Waals surface area contributed by atoms with Gasteiger partial charge in [0, 0.05) is 11.6 Å². The van der Waals surface area contributed by atoms with E-state index in [1.54, 1.807) is 0 Å². The molecule has 6 heteroatoms. The second kappa shape index (κ2) is 7.83. The summed E-state index contributed by atoms with van der Waals surface area (Å²) in [4.78, 5) is 16.2. The molecule has 0 aliphatic rings. The molecule has 2 N–H and O–H groups in total. The second-order valence-electron chi connectivity index (χ2n) is 4.88. The summed E-state index contributed by atoms with van der Waals surface area (Å²) in [7, 11) is 0. The van der Waals surface area contributed by atoms with Gasteiger partial charge in [-0.1, -0.05) is 55.4 Å². The molecule has 1 heterocycles. The topological polar surface area (TPSA) is 70.7 Å². The molecule has 1 unspecified atom stereocenters. The Kier molecular flexibility index (Phi) is 5.80. The highest BCUT2D eigenvalue weighted by Gasteiger charge is 2.10. The van der Waals surface area contributed by atoms with E-state index >= 15 is 0 Å². The number of rotatable bonds is 7. The van der Waals surface area contributed by atoms with Gasteiger partial charge < -0.3 is 5.32 Å². The lowest BCUT2D eigenvalue weighted by molar-refractivity contribution is -0.119. The summed E-state index contributed by atoms with van der Waals surface area (Å²) in [6.07, 6.45) is 2.06. The van der Waals surface area contributed by atoms with Crippen molar-refractivity contribution in [2.45, 2.75) is 37.9 Å². The summed E-state index contributed by atoms with van der Waals surface area (Å²) in [5.41, 5.74) is 0.984. The first kappa shape index (κ1) is 15.6. The molecular formula is C15H20N4OS. The van der Waals surface area contributed by atoms with Crippen LogP contribution in [0.3, 0.4) is 0 Å². The fourth-order valence-corrected chi connectivity index (χ4v) is 2.60. The minimum Gasteiger partial charge on any atom is -0.353 e. The number of amides is 1. The summed E-state index contributed by atoms with van der Waals surface area (Å²) in [5.74, 6) is 1.07. The second-order valence-corrected chi connectivity index (χ2v) is 5.82. The van der Waals surface area contributed by atoms with Gasteiger partial charge in [-0.3, -0.25) is 9.89 Å². The van der Waals surface area contributed by atoms with Crippen molar-refractivity contribution >= 4 is 17.7 Å². The van der Waals surface area contributed by atoms with Crippen molar-refractivity contribution in [1.82, 2.24) is 20.5 Å². The highest BCUT2D eigenvalue weighted by Crippen LogP contribution is 2.18. The Morgan fingerprint density at radius 3 is 2.86 bits per heavy atom. The van der Waals surface area contributed by atoms with Gasteiger partial charge in [0.15, 0.2) is 5.82 Å². The first-order valence-electron chi connectivity index (χ1n) is 7.09. The van der Waals surface area contributed by atoms with Gasteiger partial charge in [0.1, 0.15) is 0 Å². The molecule has 0 aliphatic heterocycles. The van der Waals surface area contributed by atoms with E-state index in [0.29, 0.717) is 10.9 Å². The Hall–Kier alpha value is -1.82. The third-order valence-corrected chi connectivity index (χ3v) is 3.82. The number of nitrogens with zero attached hydrogens (tertiary/aromatic N) is 2. The van der Waals surface area contributed by atoms with E-state index in [1.807, 2.05) is 37.3 Å². The zero-order valence-corrected chi connectivity index (χ0v) is 13.1. The summed E-state index contributed by atoms with van der Waals surface area (Å²) in [6.45, 7) is 4.13. The molecule has 0 saturated carbocycles. The van der Waals surface area contributed by atoms with Crippen LogP contribution in [0.2, 0.25) is 0 Å². The minimum absolute atomic E-state index is 0.0204. The Balaban J connectivity index is 1.84. The van der Waals surface area contributed by atoms with Crippen LogP contribution >= 0.6 is 11.8 Å². The zero-order chi connectivity index (χ0) is 15.1. The van der Waals surface area contributed by atoms with Crippen LogP contribution in [0.1, 0.15) is 26.7 Å². The number of aromatic amines is 1. The maximum atomic E-state index is 11.8. The number of benzene rings is 1. The number of aromatic nitrogens is 3. The zero-order valence-electron chi connectivity index (χ0n) is 12.3. The largest absolute Gasteiger partial charge is 0.353 e. The average molecular weight is 304 g/mol. The van der Waals surface area contributed by atoms with E-state index in [1.165, 1.54) is 11.8 Å². The lowest BCUT2D eigenvalue weighted by Gasteiger charge is -2.11. The van der Waals surface area contributed by atoms with Crippen molar-refractivity contribution in [2.24, 2.45) is 0 Å². The predicted molar refractivity (Wildman–Crippen MR) is 85.1 cm³/mol. The van der Waals surface area contributed by atoms with E-state index in [-0.39, 0.29) is 11.9 Å². The van der Waals surface area contributed by atoms with Crippen LogP contribution in [0.15, 0.2) is 35.5 Å². The number of hydrogen-bond acceptors (Lipinski definition) is 4. The Labute approximate surface area is 128 Å². The van der Waals surface area contributed by atoms with Gasteiger partial charge in [0.05, 0.1) is 5.75 Å². The number of nitrogens with one attached hydrogen (secondary N) is 2. The maximum Gasteiger partial charge on any atom is 0.230 e. The smallest absolute Gasteiger partial charge is 0.230 e. The molecule has 5 nitrogen and oxygen atoms in total. The molecule has 0 spiro atoms. The van der Waals surface area contributed by atoms with Gasteiger partial charge in [0.25, 0.3) is 0 Å². The lowest BCUT2D eigenvalue weighted by Crippen LogP contribution is -2.33. The van der Waals surface area contributed by atoms with Crippen LogP contribution in [0.4, 0.5) is 0 Å². The minimum atomic E-state index is 0.0204. The third-order valence-electron chi connectivity index (χ3n) is 2.97. The summed E-state index contributed by atoms with van der Waals surface area (Å²) >= 11 is 1.34. The molecule has 0 bridgehead atoms. The first-order chi connectivity index (χ1) is 10.2. The van der Waals surface area contributed by atoms with Crippen LogP contribution in [0, 0.1) is 0 Å². The Morgan fingerprint density at radius 1 is 1.38 bits per heavy atom. The third kappa shape index (κ3) is 4.90. The predicted octanol–water partition coefficient (Wildman–Crippen LogP) is 2.87. The van der Waals surface area contributed by atoms with Crippen LogP contribution in [-0.2, 0) is 4.79 Å². The van der Waals surface area contributed by atoms with Crippen LogP contribution in [0.25, 0.3) is 11.4 Å². The monoisotopic (exact) mass is 304 g/mol. The number of carbonyl (C=O) groups excluding carboxylic acids is 1. The van der Waals surface area contributed by atoms with Gasteiger partial charge in [0.2, 0.25) is 11.1 Å². The molecule has 1 amide bonds. The SMILES string of the molecule is CCCC(C)NC(=O)CSc1n[nH]c(-c2ccccc2)n1. The van der Waals surface area contributed by atoms with Gasteiger partial charge in [-0.2, -0.15) is 0 Å².